The third-order valence-corrected chi connectivity index (χ3v) is 3.62. The molecule has 0 fully saturated rings. The van der Waals surface area contributed by atoms with Crippen LogP contribution in [0.25, 0.3) is 11.0 Å². The Bertz CT molecular complexity index is 740. The average Bonchev–Trinajstić information content (AvgIpc) is 2.95. The number of benzene rings is 2. The second kappa shape index (κ2) is 4.79. The lowest BCUT2D eigenvalue weighted by Crippen LogP contribution is -2.15. The van der Waals surface area contributed by atoms with Gasteiger partial charge in [0.1, 0.15) is 19.0 Å². The summed E-state index contributed by atoms with van der Waals surface area (Å²) in [4.78, 5) is 7.85. The highest BCUT2D eigenvalue weighted by molar-refractivity contribution is 5.80. The minimum absolute atomic E-state index is 0.280. The lowest BCUT2D eigenvalue weighted by atomic mass is 10.1. The van der Waals surface area contributed by atoms with Gasteiger partial charge in [0.2, 0.25) is 0 Å². The number of hydrogen-bond donors (Lipinski definition) is 2. The van der Waals surface area contributed by atoms with Crippen LogP contribution < -0.4 is 15.2 Å². The van der Waals surface area contributed by atoms with Crippen LogP contribution >= 0.6 is 0 Å². The highest BCUT2D eigenvalue weighted by atomic mass is 16.6. The van der Waals surface area contributed by atoms with Gasteiger partial charge in [-0.3, -0.25) is 0 Å². The maximum atomic E-state index is 6.28. The van der Waals surface area contributed by atoms with Gasteiger partial charge in [0, 0.05) is 12.1 Å². The maximum Gasteiger partial charge on any atom is 0.163 e. The van der Waals surface area contributed by atoms with E-state index in [0.29, 0.717) is 13.2 Å². The second-order valence-electron chi connectivity index (χ2n) is 5.02. The summed E-state index contributed by atoms with van der Waals surface area (Å²) in [7, 11) is 0. The number of imidazole rings is 1. The van der Waals surface area contributed by atoms with Gasteiger partial charge in [0.15, 0.2) is 11.5 Å². The summed E-state index contributed by atoms with van der Waals surface area (Å²) < 4.78 is 11.2. The van der Waals surface area contributed by atoms with Gasteiger partial charge >= 0.3 is 0 Å². The Morgan fingerprint density at radius 2 is 1.76 bits per heavy atom. The van der Waals surface area contributed by atoms with Crippen molar-refractivity contribution in [3.63, 3.8) is 0 Å². The van der Waals surface area contributed by atoms with Gasteiger partial charge in [-0.05, 0) is 5.56 Å². The molecule has 4 rings (SSSR count). The predicted molar refractivity (Wildman–Crippen MR) is 79.6 cm³/mol. The fraction of sp³-hybridized carbons (Fsp3) is 0.188. The first-order valence-corrected chi connectivity index (χ1v) is 6.91. The molecule has 5 nitrogen and oxygen atoms in total. The Labute approximate surface area is 121 Å². The van der Waals surface area contributed by atoms with Gasteiger partial charge in [0.25, 0.3) is 0 Å². The number of aromatic nitrogens is 2. The molecule has 21 heavy (non-hydrogen) atoms. The van der Waals surface area contributed by atoms with Crippen LogP contribution in [0.3, 0.4) is 0 Å². The zero-order valence-electron chi connectivity index (χ0n) is 11.4. The first-order chi connectivity index (χ1) is 10.3. The van der Waals surface area contributed by atoms with Crippen molar-refractivity contribution in [3.8, 4) is 11.5 Å². The van der Waals surface area contributed by atoms with Crippen LogP contribution in [0.4, 0.5) is 0 Å². The van der Waals surface area contributed by atoms with Gasteiger partial charge in [-0.15, -0.1) is 0 Å². The molecule has 1 unspecified atom stereocenters. The van der Waals surface area contributed by atoms with Crippen LogP contribution in [0, 0.1) is 0 Å². The topological polar surface area (TPSA) is 73.2 Å². The molecule has 106 valence electrons. The first-order valence-electron chi connectivity index (χ1n) is 6.91. The average molecular weight is 281 g/mol. The SMILES string of the molecule is NC(c1ccccc1)c1nc2cc3c(cc2[nH]1)OCCO3. The molecular weight excluding hydrogens is 266 g/mol. The van der Waals surface area contributed by atoms with Crippen molar-refractivity contribution >= 4 is 11.0 Å². The standard InChI is InChI=1S/C16H15N3O2/c17-15(10-4-2-1-3-5-10)16-18-11-8-13-14(9-12(11)19-16)21-7-6-20-13/h1-5,8-9,15H,6-7,17H2,(H,18,19). The van der Waals surface area contributed by atoms with Crippen LogP contribution in [0.1, 0.15) is 17.4 Å². The Hall–Kier alpha value is -2.53. The molecule has 3 N–H and O–H groups in total. The fourth-order valence-corrected chi connectivity index (χ4v) is 2.53. The zero-order valence-corrected chi connectivity index (χ0v) is 11.4. The Morgan fingerprint density at radius 1 is 1.05 bits per heavy atom. The molecule has 2 heterocycles. The molecule has 3 aromatic rings. The van der Waals surface area contributed by atoms with Crippen LogP contribution in [0.2, 0.25) is 0 Å². The lowest BCUT2D eigenvalue weighted by molar-refractivity contribution is 0.172. The van der Waals surface area contributed by atoms with E-state index in [4.69, 9.17) is 15.2 Å². The van der Waals surface area contributed by atoms with E-state index in [-0.39, 0.29) is 6.04 Å². The van der Waals surface area contributed by atoms with E-state index in [1.165, 1.54) is 0 Å². The van der Waals surface area contributed by atoms with E-state index in [1.807, 2.05) is 42.5 Å². The number of nitrogens with one attached hydrogen (secondary N) is 1. The normalized spacial score (nSPS) is 15.1. The molecule has 5 heteroatoms. The van der Waals surface area contributed by atoms with E-state index < -0.39 is 0 Å². The summed E-state index contributed by atoms with van der Waals surface area (Å²) in [6.45, 7) is 1.14. The predicted octanol–water partition coefficient (Wildman–Crippen LogP) is 2.38. The number of ether oxygens (including phenoxy) is 2. The minimum Gasteiger partial charge on any atom is -0.486 e. The summed E-state index contributed by atoms with van der Waals surface area (Å²) in [5, 5.41) is 0. The first kappa shape index (κ1) is 12.2. The van der Waals surface area contributed by atoms with E-state index >= 15 is 0 Å². The van der Waals surface area contributed by atoms with Crippen LogP contribution in [-0.2, 0) is 0 Å². The Kier molecular flexibility index (Phi) is 2.79. The molecule has 0 saturated heterocycles. The lowest BCUT2D eigenvalue weighted by Gasteiger charge is -2.17. The monoisotopic (exact) mass is 281 g/mol. The van der Waals surface area contributed by atoms with Gasteiger partial charge in [-0.1, -0.05) is 30.3 Å². The summed E-state index contributed by atoms with van der Waals surface area (Å²) in [5.41, 5.74) is 9.04. The summed E-state index contributed by atoms with van der Waals surface area (Å²) in [5.74, 6) is 2.22. The number of hydrogen-bond acceptors (Lipinski definition) is 4. The molecule has 1 aliphatic rings. The Morgan fingerprint density at radius 3 is 2.52 bits per heavy atom. The quantitative estimate of drug-likeness (QED) is 0.756. The largest absolute Gasteiger partial charge is 0.486 e. The minimum atomic E-state index is -0.280. The van der Waals surface area contributed by atoms with Crippen molar-refractivity contribution < 1.29 is 9.47 Å². The third kappa shape index (κ3) is 2.11. The van der Waals surface area contributed by atoms with E-state index in [9.17, 15) is 0 Å². The van der Waals surface area contributed by atoms with Crippen molar-refractivity contribution in [2.24, 2.45) is 5.73 Å². The van der Waals surface area contributed by atoms with E-state index in [2.05, 4.69) is 9.97 Å². The second-order valence-corrected chi connectivity index (χ2v) is 5.02. The molecule has 0 saturated carbocycles. The van der Waals surface area contributed by atoms with Crippen LogP contribution in [-0.4, -0.2) is 23.2 Å². The molecule has 2 aromatic carbocycles. The van der Waals surface area contributed by atoms with Crippen LogP contribution in [0.15, 0.2) is 42.5 Å². The van der Waals surface area contributed by atoms with Crippen molar-refractivity contribution in [2.75, 3.05) is 13.2 Å². The number of nitrogens with zero attached hydrogens (tertiary/aromatic N) is 1. The molecule has 0 spiro atoms. The van der Waals surface area contributed by atoms with E-state index in [1.54, 1.807) is 0 Å². The molecule has 1 aliphatic heterocycles. The molecular formula is C16H15N3O2. The highest BCUT2D eigenvalue weighted by Gasteiger charge is 2.17. The maximum absolute atomic E-state index is 6.28. The van der Waals surface area contributed by atoms with Gasteiger partial charge in [-0.25, -0.2) is 4.98 Å². The van der Waals surface area contributed by atoms with Crippen molar-refractivity contribution in [1.29, 1.82) is 0 Å². The summed E-state index contributed by atoms with van der Waals surface area (Å²) in [6.07, 6.45) is 0. The summed E-state index contributed by atoms with van der Waals surface area (Å²) in [6, 6.07) is 13.4. The fourth-order valence-electron chi connectivity index (χ4n) is 2.53. The highest BCUT2D eigenvalue weighted by Crippen LogP contribution is 2.34. The number of nitrogens with two attached hydrogens (primary N) is 1. The Balaban J connectivity index is 1.77. The van der Waals surface area contributed by atoms with Crippen LogP contribution in [0.5, 0.6) is 11.5 Å². The van der Waals surface area contributed by atoms with E-state index in [0.717, 1.165) is 33.9 Å². The number of H-pyrrole nitrogens is 1. The molecule has 1 atom stereocenters. The molecule has 0 aliphatic carbocycles. The molecule has 1 aromatic heterocycles. The van der Waals surface area contributed by atoms with Crippen molar-refractivity contribution in [2.45, 2.75) is 6.04 Å². The smallest absolute Gasteiger partial charge is 0.163 e. The summed E-state index contributed by atoms with van der Waals surface area (Å²) >= 11 is 0. The number of rotatable bonds is 2. The number of aromatic amines is 1. The number of fused-ring (bicyclic) bond motifs is 2. The molecule has 0 radical (unpaired) electrons. The van der Waals surface area contributed by atoms with Crippen molar-refractivity contribution in [1.82, 2.24) is 9.97 Å². The zero-order chi connectivity index (χ0) is 14.2. The van der Waals surface area contributed by atoms with Gasteiger partial charge < -0.3 is 20.2 Å². The molecule has 0 bridgehead atoms. The van der Waals surface area contributed by atoms with Gasteiger partial charge in [0.05, 0.1) is 17.1 Å². The molecule has 0 amide bonds. The van der Waals surface area contributed by atoms with Crippen molar-refractivity contribution in [3.05, 3.63) is 53.9 Å². The van der Waals surface area contributed by atoms with Gasteiger partial charge in [-0.2, -0.15) is 0 Å². The third-order valence-electron chi connectivity index (χ3n) is 3.62.